The lowest BCUT2D eigenvalue weighted by Crippen LogP contribution is -2.31. The average Bonchev–Trinajstić information content (AvgIpc) is 3.09. The molecule has 0 bridgehead atoms. The van der Waals surface area contributed by atoms with Crippen LogP contribution in [0, 0.1) is 11.3 Å². The predicted octanol–water partition coefficient (Wildman–Crippen LogP) is 4.32. The van der Waals surface area contributed by atoms with Gasteiger partial charge in [0.05, 0.1) is 35.9 Å². The van der Waals surface area contributed by atoms with Crippen molar-refractivity contribution >= 4 is 21.6 Å². The fourth-order valence-corrected chi connectivity index (χ4v) is 4.13. The van der Waals surface area contributed by atoms with Gasteiger partial charge in [-0.1, -0.05) is 30.3 Å². The van der Waals surface area contributed by atoms with Gasteiger partial charge < -0.3 is 9.47 Å². The van der Waals surface area contributed by atoms with E-state index in [9.17, 15) is 0 Å². The Morgan fingerprint density at radius 1 is 1.15 bits per heavy atom. The lowest BCUT2D eigenvalue weighted by Gasteiger charge is -2.30. The van der Waals surface area contributed by atoms with Gasteiger partial charge in [-0.15, -0.1) is 0 Å². The number of benzene rings is 2. The van der Waals surface area contributed by atoms with Crippen molar-refractivity contribution in [2.45, 2.75) is 25.9 Å². The first kappa shape index (κ1) is 16.9. The second-order valence-electron chi connectivity index (χ2n) is 6.52. The molecule has 5 heteroatoms. The maximum absolute atomic E-state index is 9.03. The van der Waals surface area contributed by atoms with Crippen LogP contribution in [0.5, 0.6) is 0 Å². The molecule has 1 aromatic heterocycles. The van der Waals surface area contributed by atoms with Crippen molar-refractivity contribution in [3.8, 4) is 6.07 Å². The van der Waals surface area contributed by atoms with Gasteiger partial charge in [-0.2, -0.15) is 5.26 Å². The number of hydrogen-bond acceptors (Lipinski definition) is 3. The normalized spacial score (nSPS) is 13.3. The van der Waals surface area contributed by atoms with Crippen LogP contribution >= 0.6 is 15.9 Å². The van der Waals surface area contributed by atoms with Crippen LogP contribution in [-0.4, -0.2) is 16.1 Å². The van der Waals surface area contributed by atoms with Crippen LogP contribution < -0.4 is 4.90 Å². The Hall–Kier alpha value is -2.58. The zero-order valence-electron chi connectivity index (χ0n) is 14.4. The summed E-state index contributed by atoms with van der Waals surface area (Å²) in [4.78, 5) is 6.98. The monoisotopic (exact) mass is 406 g/mol. The molecule has 0 spiro atoms. The number of imidazole rings is 1. The summed E-state index contributed by atoms with van der Waals surface area (Å²) < 4.78 is 3.26. The highest BCUT2D eigenvalue weighted by atomic mass is 79.9. The third-order valence-corrected chi connectivity index (χ3v) is 5.53. The molecule has 0 fully saturated rings. The van der Waals surface area contributed by atoms with Gasteiger partial charge in [0.25, 0.3) is 0 Å². The summed E-state index contributed by atoms with van der Waals surface area (Å²) in [5, 5.41) is 9.03. The van der Waals surface area contributed by atoms with Crippen molar-refractivity contribution in [3.05, 3.63) is 81.8 Å². The number of anilines is 1. The Morgan fingerprint density at radius 3 is 2.77 bits per heavy atom. The van der Waals surface area contributed by atoms with E-state index in [1.165, 1.54) is 11.3 Å². The first-order valence-electron chi connectivity index (χ1n) is 8.76. The van der Waals surface area contributed by atoms with Crippen LogP contribution in [-0.2, 0) is 25.9 Å². The number of nitrogens with zero attached hydrogens (tertiary/aromatic N) is 4. The van der Waals surface area contributed by atoms with E-state index in [-0.39, 0.29) is 0 Å². The molecule has 26 heavy (non-hydrogen) atoms. The summed E-state index contributed by atoms with van der Waals surface area (Å²) in [5.74, 6) is 0. The second-order valence-corrected chi connectivity index (χ2v) is 7.37. The van der Waals surface area contributed by atoms with E-state index < -0.39 is 0 Å². The highest BCUT2D eigenvalue weighted by Crippen LogP contribution is 2.31. The Bertz CT molecular complexity index is 956. The van der Waals surface area contributed by atoms with Crippen LogP contribution in [0.3, 0.4) is 0 Å². The lowest BCUT2D eigenvalue weighted by atomic mass is 10.1. The Kier molecular flexibility index (Phi) is 4.77. The molecule has 2 heterocycles. The van der Waals surface area contributed by atoms with Crippen LogP contribution in [0.2, 0.25) is 0 Å². The van der Waals surface area contributed by atoms with Gasteiger partial charge >= 0.3 is 0 Å². The molecule has 1 aliphatic rings. The highest BCUT2D eigenvalue weighted by molar-refractivity contribution is 9.10. The molecular formula is C21H19BrN4. The maximum atomic E-state index is 9.03. The lowest BCUT2D eigenvalue weighted by molar-refractivity contribution is 0.625. The number of aromatic nitrogens is 2. The van der Waals surface area contributed by atoms with Crippen molar-refractivity contribution in [1.29, 1.82) is 5.26 Å². The molecule has 3 aromatic rings. The Morgan fingerprint density at radius 2 is 2.00 bits per heavy atom. The molecule has 0 saturated heterocycles. The van der Waals surface area contributed by atoms with Gasteiger partial charge in [0.2, 0.25) is 0 Å². The summed E-state index contributed by atoms with van der Waals surface area (Å²) in [6.45, 7) is 2.72. The molecule has 0 aliphatic carbocycles. The number of hydrogen-bond donors (Lipinski definition) is 0. The SMILES string of the molecule is N#Cc1ccc(N2CCc3c(ncn3CCc3ccccc3)C2)c(Br)c1. The first-order valence-corrected chi connectivity index (χ1v) is 9.55. The van der Waals surface area contributed by atoms with Gasteiger partial charge in [-0.3, -0.25) is 0 Å². The molecule has 0 N–H and O–H groups in total. The zero-order valence-corrected chi connectivity index (χ0v) is 16.0. The Labute approximate surface area is 161 Å². The molecule has 130 valence electrons. The van der Waals surface area contributed by atoms with Crippen LogP contribution in [0.1, 0.15) is 22.5 Å². The number of rotatable bonds is 4. The fraction of sp³-hybridized carbons (Fsp3) is 0.238. The number of aryl methyl sites for hydroxylation is 2. The molecule has 0 radical (unpaired) electrons. The van der Waals surface area contributed by atoms with Gasteiger partial charge in [-0.25, -0.2) is 4.98 Å². The molecule has 4 nitrogen and oxygen atoms in total. The Balaban J connectivity index is 1.49. The number of fused-ring (bicyclic) bond motifs is 1. The minimum Gasteiger partial charge on any atom is -0.364 e. The van der Waals surface area contributed by atoms with E-state index in [1.54, 1.807) is 0 Å². The van der Waals surface area contributed by atoms with Crippen LogP contribution in [0.15, 0.2) is 59.3 Å². The van der Waals surface area contributed by atoms with E-state index in [2.05, 4.69) is 66.8 Å². The molecule has 0 saturated carbocycles. The van der Waals surface area contributed by atoms with Crippen molar-refractivity contribution in [2.75, 3.05) is 11.4 Å². The maximum Gasteiger partial charge on any atom is 0.0992 e. The largest absolute Gasteiger partial charge is 0.364 e. The van der Waals surface area contributed by atoms with Gasteiger partial charge in [0.1, 0.15) is 0 Å². The second kappa shape index (κ2) is 7.35. The highest BCUT2D eigenvalue weighted by Gasteiger charge is 2.22. The number of halogens is 1. The predicted molar refractivity (Wildman–Crippen MR) is 106 cm³/mol. The minimum atomic E-state index is 0.670. The van der Waals surface area contributed by atoms with Crippen LogP contribution in [0.4, 0.5) is 5.69 Å². The average molecular weight is 407 g/mol. The zero-order chi connectivity index (χ0) is 17.9. The molecule has 0 atom stereocenters. The van der Waals surface area contributed by atoms with Gasteiger partial charge in [0, 0.05) is 29.7 Å². The molecular weight excluding hydrogens is 388 g/mol. The quantitative estimate of drug-likeness (QED) is 0.647. The summed E-state index contributed by atoms with van der Waals surface area (Å²) in [6.07, 6.45) is 3.98. The molecule has 4 rings (SSSR count). The topological polar surface area (TPSA) is 44.9 Å². The third-order valence-electron chi connectivity index (χ3n) is 4.89. The van der Waals surface area contributed by atoms with E-state index in [0.717, 1.165) is 48.3 Å². The minimum absolute atomic E-state index is 0.670. The van der Waals surface area contributed by atoms with Crippen molar-refractivity contribution < 1.29 is 0 Å². The van der Waals surface area contributed by atoms with E-state index >= 15 is 0 Å². The van der Waals surface area contributed by atoms with E-state index in [4.69, 9.17) is 5.26 Å². The van der Waals surface area contributed by atoms with Crippen molar-refractivity contribution in [2.24, 2.45) is 0 Å². The van der Waals surface area contributed by atoms with Crippen molar-refractivity contribution in [3.63, 3.8) is 0 Å². The number of nitriles is 1. The standard InChI is InChI=1S/C21H19BrN4/c22-18-12-17(13-23)6-7-20(18)25-11-9-21-19(14-25)24-15-26(21)10-8-16-4-2-1-3-5-16/h1-7,12,15H,8-11,14H2. The molecule has 2 aromatic carbocycles. The summed E-state index contributed by atoms with van der Waals surface area (Å²) in [7, 11) is 0. The first-order chi connectivity index (χ1) is 12.7. The van der Waals surface area contributed by atoms with E-state index in [0.29, 0.717) is 5.56 Å². The van der Waals surface area contributed by atoms with Crippen LogP contribution in [0.25, 0.3) is 0 Å². The van der Waals surface area contributed by atoms with Crippen molar-refractivity contribution in [1.82, 2.24) is 9.55 Å². The third kappa shape index (κ3) is 3.38. The fourth-order valence-electron chi connectivity index (χ4n) is 3.50. The van der Waals surface area contributed by atoms with Gasteiger partial charge in [-0.05, 0) is 46.1 Å². The molecule has 0 unspecified atom stereocenters. The summed E-state index contributed by atoms with van der Waals surface area (Å²) >= 11 is 3.60. The van der Waals surface area contributed by atoms with Gasteiger partial charge in [0.15, 0.2) is 0 Å². The van der Waals surface area contributed by atoms with E-state index in [1.807, 2.05) is 24.5 Å². The summed E-state index contributed by atoms with van der Waals surface area (Å²) in [6, 6.07) is 18.5. The molecule has 0 amide bonds. The summed E-state index contributed by atoms with van der Waals surface area (Å²) in [5.41, 5.74) is 5.65. The molecule has 1 aliphatic heterocycles. The smallest absolute Gasteiger partial charge is 0.0992 e.